The molecule has 3 atom stereocenters. The maximum absolute atomic E-state index is 5.96. The number of guanidine groups is 1. The Morgan fingerprint density at radius 2 is 2.04 bits per heavy atom. The van der Waals surface area contributed by atoms with E-state index in [1.54, 1.807) is 0 Å². The standard InChI is InChI=1S/C20H33N3O.HI/c1-4-5-7-10-16(2)23-20(21-3)22-15-18-13-14-24-19(18)17-11-8-6-9-12-17;/h6,8-9,11-12,16,18-19H,4-5,7,10,13-15H2,1-3H3,(H2,21,22,23);1H. The van der Waals surface area contributed by atoms with Crippen LogP contribution >= 0.6 is 24.0 Å². The quantitative estimate of drug-likeness (QED) is 0.260. The van der Waals surface area contributed by atoms with Crippen molar-refractivity contribution in [2.75, 3.05) is 20.2 Å². The van der Waals surface area contributed by atoms with Gasteiger partial charge in [-0.3, -0.25) is 4.99 Å². The van der Waals surface area contributed by atoms with E-state index in [1.807, 2.05) is 7.05 Å². The number of unbranched alkanes of at least 4 members (excludes halogenated alkanes) is 2. The maximum atomic E-state index is 5.96. The molecule has 1 aromatic rings. The third-order valence-corrected chi connectivity index (χ3v) is 4.72. The molecule has 1 aliphatic rings. The van der Waals surface area contributed by atoms with E-state index >= 15 is 0 Å². The third-order valence-electron chi connectivity index (χ3n) is 4.72. The molecule has 1 heterocycles. The molecular formula is C20H34IN3O. The molecule has 4 nitrogen and oxygen atoms in total. The smallest absolute Gasteiger partial charge is 0.191 e. The van der Waals surface area contributed by atoms with E-state index in [-0.39, 0.29) is 30.1 Å². The van der Waals surface area contributed by atoms with E-state index in [0.717, 1.165) is 25.5 Å². The minimum Gasteiger partial charge on any atom is -0.373 e. The van der Waals surface area contributed by atoms with Gasteiger partial charge in [0.25, 0.3) is 0 Å². The van der Waals surface area contributed by atoms with Crippen molar-refractivity contribution in [2.45, 2.75) is 58.1 Å². The lowest BCUT2D eigenvalue weighted by atomic mass is 9.95. The van der Waals surface area contributed by atoms with Crippen LogP contribution in [0.25, 0.3) is 0 Å². The Labute approximate surface area is 170 Å². The summed E-state index contributed by atoms with van der Waals surface area (Å²) in [6.45, 7) is 6.20. The van der Waals surface area contributed by atoms with E-state index in [9.17, 15) is 0 Å². The zero-order chi connectivity index (χ0) is 17.2. The van der Waals surface area contributed by atoms with Crippen LogP contribution in [0, 0.1) is 5.92 Å². The van der Waals surface area contributed by atoms with Crippen molar-refractivity contribution in [3.8, 4) is 0 Å². The summed E-state index contributed by atoms with van der Waals surface area (Å²) in [6, 6.07) is 11.0. The van der Waals surface area contributed by atoms with E-state index in [2.05, 4.69) is 59.8 Å². The molecular weight excluding hydrogens is 425 g/mol. The van der Waals surface area contributed by atoms with E-state index < -0.39 is 0 Å². The van der Waals surface area contributed by atoms with Gasteiger partial charge in [-0.1, -0.05) is 56.5 Å². The van der Waals surface area contributed by atoms with Crippen LogP contribution in [0.3, 0.4) is 0 Å². The highest BCUT2D eigenvalue weighted by atomic mass is 127. The number of nitrogens with one attached hydrogen (secondary N) is 2. The van der Waals surface area contributed by atoms with Gasteiger partial charge in [-0.15, -0.1) is 24.0 Å². The van der Waals surface area contributed by atoms with Crippen molar-refractivity contribution in [3.63, 3.8) is 0 Å². The van der Waals surface area contributed by atoms with Gasteiger partial charge >= 0.3 is 0 Å². The number of nitrogens with zero attached hydrogens (tertiary/aromatic N) is 1. The largest absolute Gasteiger partial charge is 0.373 e. The van der Waals surface area contributed by atoms with Gasteiger partial charge in [0.15, 0.2) is 5.96 Å². The van der Waals surface area contributed by atoms with Crippen LogP contribution in [0.2, 0.25) is 0 Å². The first-order valence-corrected chi connectivity index (χ1v) is 9.38. The lowest BCUT2D eigenvalue weighted by Gasteiger charge is -2.22. The third kappa shape index (κ3) is 7.52. The average Bonchev–Trinajstić information content (AvgIpc) is 3.08. The molecule has 0 bridgehead atoms. The summed E-state index contributed by atoms with van der Waals surface area (Å²) in [5.41, 5.74) is 1.28. The predicted molar refractivity (Wildman–Crippen MR) is 117 cm³/mol. The van der Waals surface area contributed by atoms with Gasteiger partial charge in [0.1, 0.15) is 0 Å². The molecule has 1 saturated heterocycles. The fourth-order valence-electron chi connectivity index (χ4n) is 3.28. The summed E-state index contributed by atoms with van der Waals surface area (Å²) in [6.07, 6.45) is 6.31. The molecule has 142 valence electrons. The van der Waals surface area contributed by atoms with Crippen molar-refractivity contribution >= 4 is 29.9 Å². The van der Waals surface area contributed by atoms with Crippen LogP contribution in [-0.4, -0.2) is 32.2 Å². The van der Waals surface area contributed by atoms with Gasteiger partial charge in [-0.25, -0.2) is 0 Å². The highest BCUT2D eigenvalue weighted by Crippen LogP contribution is 2.33. The summed E-state index contributed by atoms with van der Waals surface area (Å²) in [7, 11) is 1.84. The molecule has 2 N–H and O–H groups in total. The van der Waals surface area contributed by atoms with Crippen molar-refractivity contribution in [3.05, 3.63) is 35.9 Å². The van der Waals surface area contributed by atoms with Crippen molar-refractivity contribution in [2.24, 2.45) is 10.9 Å². The monoisotopic (exact) mass is 459 g/mol. The number of rotatable bonds is 8. The number of hydrogen-bond acceptors (Lipinski definition) is 2. The zero-order valence-corrected chi connectivity index (χ0v) is 18.2. The molecule has 1 aliphatic heterocycles. The molecule has 0 aromatic heterocycles. The van der Waals surface area contributed by atoms with Crippen LogP contribution < -0.4 is 10.6 Å². The van der Waals surface area contributed by atoms with Gasteiger partial charge in [-0.05, 0) is 25.3 Å². The summed E-state index contributed by atoms with van der Waals surface area (Å²) < 4.78 is 5.96. The number of halogens is 1. The Morgan fingerprint density at radius 1 is 1.28 bits per heavy atom. The first-order chi connectivity index (χ1) is 11.7. The molecule has 5 heteroatoms. The fraction of sp³-hybridized carbons (Fsp3) is 0.650. The minimum atomic E-state index is 0. The lowest BCUT2D eigenvalue weighted by Crippen LogP contribution is -2.44. The SMILES string of the molecule is CCCCCC(C)NC(=NC)NCC1CCOC1c1ccccc1.I. The fourth-order valence-corrected chi connectivity index (χ4v) is 3.28. The highest BCUT2D eigenvalue weighted by molar-refractivity contribution is 14.0. The number of benzene rings is 1. The molecule has 2 rings (SSSR count). The number of ether oxygens (including phenoxy) is 1. The summed E-state index contributed by atoms with van der Waals surface area (Å²) in [4.78, 5) is 4.37. The maximum Gasteiger partial charge on any atom is 0.191 e. The van der Waals surface area contributed by atoms with Crippen LogP contribution in [-0.2, 0) is 4.74 Å². The van der Waals surface area contributed by atoms with Crippen LogP contribution in [0.4, 0.5) is 0 Å². The second kappa shape index (κ2) is 12.5. The summed E-state index contributed by atoms with van der Waals surface area (Å²) in [5, 5.41) is 6.99. The van der Waals surface area contributed by atoms with Crippen LogP contribution in [0.5, 0.6) is 0 Å². The minimum absolute atomic E-state index is 0. The van der Waals surface area contributed by atoms with Crippen molar-refractivity contribution < 1.29 is 4.74 Å². The van der Waals surface area contributed by atoms with Gasteiger partial charge in [0.05, 0.1) is 6.10 Å². The topological polar surface area (TPSA) is 45.7 Å². The summed E-state index contributed by atoms with van der Waals surface area (Å²) in [5.74, 6) is 1.39. The summed E-state index contributed by atoms with van der Waals surface area (Å²) >= 11 is 0. The number of hydrogen-bond donors (Lipinski definition) is 2. The number of aliphatic imine (C=N–C) groups is 1. The predicted octanol–water partition coefficient (Wildman–Crippen LogP) is 4.52. The molecule has 1 fully saturated rings. The second-order valence-electron chi connectivity index (χ2n) is 6.75. The average molecular weight is 459 g/mol. The molecule has 3 unspecified atom stereocenters. The van der Waals surface area contributed by atoms with E-state index in [1.165, 1.54) is 31.2 Å². The molecule has 0 spiro atoms. The Morgan fingerprint density at radius 3 is 2.72 bits per heavy atom. The molecule has 0 aliphatic carbocycles. The molecule has 0 radical (unpaired) electrons. The van der Waals surface area contributed by atoms with Gasteiger partial charge in [0.2, 0.25) is 0 Å². The van der Waals surface area contributed by atoms with Gasteiger partial charge in [-0.2, -0.15) is 0 Å². The first kappa shape index (κ1) is 22.2. The lowest BCUT2D eigenvalue weighted by molar-refractivity contribution is 0.0915. The Kier molecular flexibility index (Phi) is 11.1. The second-order valence-corrected chi connectivity index (χ2v) is 6.75. The van der Waals surface area contributed by atoms with Crippen molar-refractivity contribution in [1.82, 2.24) is 10.6 Å². The van der Waals surface area contributed by atoms with E-state index in [4.69, 9.17) is 4.74 Å². The van der Waals surface area contributed by atoms with Crippen LogP contribution in [0.1, 0.15) is 57.6 Å². The molecule has 25 heavy (non-hydrogen) atoms. The normalized spacial score (nSPS) is 21.5. The highest BCUT2D eigenvalue weighted by Gasteiger charge is 2.29. The molecule has 0 amide bonds. The van der Waals surface area contributed by atoms with Crippen LogP contribution in [0.15, 0.2) is 35.3 Å². The van der Waals surface area contributed by atoms with Gasteiger partial charge < -0.3 is 15.4 Å². The van der Waals surface area contributed by atoms with Crippen molar-refractivity contribution in [1.29, 1.82) is 0 Å². The van der Waals surface area contributed by atoms with Gasteiger partial charge in [0, 0.05) is 32.2 Å². The Bertz CT molecular complexity index is 495. The molecule has 0 saturated carbocycles. The first-order valence-electron chi connectivity index (χ1n) is 9.38. The Balaban J connectivity index is 0.00000312. The van der Waals surface area contributed by atoms with E-state index in [0.29, 0.717) is 12.0 Å². The zero-order valence-electron chi connectivity index (χ0n) is 15.8. The Hall–Kier alpha value is -0.820. The molecule has 1 aromatic carbocycles.